The molecule has 4 nitrogen and oxygen atoms in total. The first-order chi connectivity index (χ1) is 13.2. The molecule has 5 heteroatoms. The SMILES string of the molecule is Cc1cccc(CSc2nc(=O)n(Cc3cccnc3)c3c2CCCC3)c1. The number of aryl methyl sites for hydroxylation is 1. The quantitative estimate of drug-likeness (QED) is 0.495. The van der Waals surface area contributed by atoms with E-state index in [9.17, 15) is 4.79 Å². The molecular formula is C22H23N3OS. The molecule has 0 unspecified atom stereocenters. The first-order valence-electron chi connectivity index (χ1n) is 9.40. The molecule has 0 fully saturated rings. The summed E-state index contributed by atoms with van der Waals surface area (Å²) in [4.78, 5) is 21.4. The van der Waals surface area contributed by atoms with Crippen molar-refractivity contribution in [2.75, 3.05) is 0 Å². The van der Waals surface area contributed by atoms with Gasteiger partial charge >= 0.3 is 5.69 Å². The number of pyridine rings is 1. The second kappa shape index (κ2) is 8.09. The summed E-state index contributed by atoms with van der Waals surface area (Å²) in [6.45, 7) is 2.65. The van der Waals surface area contributed by atoms with Crippen LogP contribution in [0.5, 0.6) is 0 Å². The molecule has 138 valence electrons. The van der Waals surface area contributed by atoms with Crippen LogP contribution in [-0.4, -0.2) is 14.5 Å². The van der Waals surface area contributed by atoms with Gasteiger partial charge in [-0.05, 0) is 49.8 Å². The maximum atomic E-state index is 12.8. The fourth-order valence-corrected chi connectivity index (χ4v) is 4.68. The van der Waals surface area contributed by atoms with Crippen LogP contribution < -0.4 is 5.69 Å². The predicted molar refractivity (Wildman–Crippen MR) is 109 cm³/mol. The monoisotopic (exact) mass is 377 g/mol. The summed E-state index contributed by atoms with van der Waals surface area (Å²) in [5.74, 6) is 0.840. The van der Waals surface area contributed by atoms with E-state index in [1.54, 1.807) is 18.0 Å². The zero-order chi connectivity index (χ0) is 18.6. The lowest BCUT2D eigenvalue weighted by Crippen LogP contribution is -2.30. The number of aromatic nitrogens is 3. The molecule has 0 aliphatic heterocycles. The van der Waals surface area contributed by atoms with Crippen LogP contribution in [0.4, 0.5) is 0 Å². The molecule has 0 amide bonds. The number of fused-ring (bicyclic) bond motifs is 1. The van der Waals surface area contributed by atoms with E-state index < -0.39 is 0 Å². The van der Waals surface area contributed by atoms with Crippen molar-refractivity contribution in [1.29, 1.82) is 0 Å². The highest BCUT2D eigenvalue weighted by molar-refractivity contribution is 7.98. The van der Waals surface area contributed by atoms with Crippen molar-refractivity contribution in [2.24, 2.45) is 0 Å². The van der Waals surface area contributed by atoms with Gasteiger partial charge in [0.2, 0.25) is 0 Å². The molecule has 2 aromatic heterocycles. The second-order valence-electron chi connectivity index (χ2n) is 7.06. The minimum Gasteiger partial charge on any atom is -0.291 e. The van der Waals surface area contributed by atoms with Gasteiger partial charge in [-0.25, -0.2) is 4.79 Å². The number of benzene rings is 1. The molecule has 0 bridgehead atoms. The minimum absolute atomic E-state index is 0.147. The maximum absolute atomic E-state index is 12.8. The average molecular weight is 378 g/mol. The largest absolute Gasteiger partial charge is 0.349 e. The lowest BCUT2D eigenvalue weighted by Gasteiger charge is -2.22. The molecule has 3 aromatic rings. The Bertz CT molecular complexity index is 998. The highest BCUT2D eigenvalue weighted by Gasteiger charge is 2.20. The number of hydrogen-bond donors (Lipinski definition) is 0. The van der Waals surface area contributed by atoms with Gasteiger partial charge in [0, 0.05) is 29.4 Å². The molecule has 0 radical (unpaired) electrons. The number of thioether (sulfide) groups is 1. The highest BCUT2D eigenvalue weighted by atomic mass is 32.2. The molecule has 0 N–H and O–H groups in total. The van der Waals surface area contributed by atoms with E-state index in [0.29, 0.717) is 6.54 Å². The van der Waals surface area contributed by atoms with Crippen LogP contribution >= 0.6 is 11.8 Å². The van der Waals surface area contributed by atoms with E-state index in [0.717, 1.165) is 47.7 Å². The van der Waals surface area contributed by atoms with Crippen LogP contribution in [0.3, 0.4) is 0 Å². The van der Waals surface area contributed by atoms with Gasteiger partial charge in [-0.3, -0.25) is 9.55 Å². The Morgan fingerprint density at radius 1 is 1.11 bits per heavy atom. The smallest absolute Gasteiger partial charge is 0.291 e. The molecule has 2 heterocycles. The first-order valence-corrected chi connectivity index (χ1v) is 10.4. The molecule has 1 aliphatic rings. The topological polar surface area (TPSA) is 47.8 Å². The van der Waals surface area contributed by atoms with Crippen LogP contribution in [0.15, 0.2) is 58.6 Å². The zero-order valence-corrected chi connectivity index (χ0v) is 16.3. The fourth-order valence-electron chi connectivity index (χ4n) is 3.66. The van der Waals surface area contributed by atoms with E-state index in [1.807, 2.05) is 22.9 Å². The van der Waals surface area contributed by atoms with Crippen molar-refractivity contribution < 1.29 is 0 Å². The Morgan fingerprint density at radius 3 is 2.78 bits per heavy atom. The summed E-state index contributed by atoms with van der Waals surface area (Å²) < 4.78 is 1.85. The van der Waals surface area contributed by atoms with Crippen molar-refractivity contribution in [3.8, 4) is 0 Å². The summed E-state index contributed by atoms with van der Waals surface area (Å²) >= 11 is 1.69. The van der Waals surface area contributed by atoms with Crippen LogP contribution in [-0.2, 0) is 25.1 Å². The second-order valence-corrected chi connectivity index (χ2v) is 8.02. The normalized spacial score (nSPS) is 13.4. The minimum atomic E-state index is -0.147. The van der Waals surface area contributed by atoms with Gasteiger partial charge in [0.25, 0.3) is 0 Å². The standard InChI is InChI=1S/C22H23N3OS/c1-16-6-4-7-17(12-16)15-27-21-19-9-2-3-10-20(19)25(22(26)24-21)14-18-8-5-11-23-13-18/h4-8,11-13H,2-3,9-10,14-15H2,1H3. The van der Waals surface area contributed by atoms with Crippen LogP contribution in [0, 0.1) is 6.92 Å². The zero-order valence-electron chi connectivity index (χ0n) is 15.5. The Hall–Kier alpha value is -2.40. The number of rotatable bonds is 5. The third kappa shape index (κ3) is 4.14. The van der Waals surface area contributed by atoms with Crippen molar-refractivity contribution in [2.45, 2.75) is 49.9 Å². The molecule has 0 saturated heterocycles. The third-order valence-corrected chi connectivity index (χ3v) is 6.06. The summed E-state index contributed by atoms with van der Waals surface area (Å²) in [7, 11) is 0. The van der Waals surface area contributed by atoms with Crippen LogP contribution in [0.1, 0.15) is 40.8 Å². The average Bonchev–Trinajstić information content (AvgIpc) is 2.70. The molecular weight excluding hydrogens is 354 g/mol. The highest BCUT2D eigenvalue weighted by Crippen LogP contribution is 2.30. The number of nitrogens with zero attached hydrogens (tertiary/aromatic N) is 3. The van der Waals surface area contributed by atoms with Gasteiger partial charge in [0.05, 0.1) is 6.54 Å². The molecule has 1 aromatic carbocycles. The summed E-state index contributed by atoms with van der Waals surface area (Å²) in [5.41, 5.74) is 5.85. The first kappa shape index (κ1) is 18.0. The van der Waals surface area contributed by atoms with Gasteiger partial charge < -0.3 is 0 Å². The Labute approximate surface area is 163 Å². The van der Waals surface area contributed by atoms with Gasteiger partial charge in [0.1, 0.15) is 5.03 Å². The Balaban J connectivity index is 1.65. The lowest BCUT2D eigenvalue weighted by molar-refractivity contribution is 0.569. The van der Waals surface area contributed by atoms with Crippen molar-refractivity contribution in [1.82, 2.24) is 14.5 Å². The molecule has 0 saturated carbocycles. The van der Waals surface area contributed by atoms with Gasteiger partial charge in [-0.1, -0.05) is 35.9 Å². The van der Waals surface area contributed by atoms with Crippen molar-refractivity contribution in [3.63, 3.8) is 0 Å². The van der Waals surface area contributed by atoms with Crippen LogP contribution in [0.25, 0.3) is 0 Å². The summed E-state index contributed by atoms with van der Waals surface area (Å²) in [6, 6.07) is 12.4. The molecule has 0 atom stereocenters. The van der Waals surface area contributed by atoms with Crippen LogP contribution in [0.2, 0.25) is 0 Å². The van der Waals surface area contributed by atoms with Gasteiger partial charge in [-0.15, -0.1) is 11.8 Å². The van der Waals surface area contributed by atoms with E-state index in [4.69, 9.17) is 0 Å². The lowest BCUT2D eigenvalue weighted by atomic mass is 9.97. The van der Waals surface area contributed by atoms with E-state index >= 15 is 0 Å². The van der Waals surface area contributed by atoms with Gasteiger partial charge in [-0.2, -0.15) is 4.98 Å². The summed E-state index contributed by atoms with van der Waals surface area (Å²) in [6.07, 6.45) is 7.83. The van der Waals surface area contributed by atoms with Crippen molar-refractivity contribution in [3.05, 3.63) is 87.2 Å². The fraction of sp³-hybridized carbons (Fsp3) is 0.318. The van der Waals surface area contributed by atoms with E-state index in [-0.39, 0.29) is 5.69 Å². The number of hydrogen-bond acceptors (Lipinski definition) is 4. The Morgan fingerprint density at radius 2 is 1.96 bits per heavy atom. The maximum Gasteiger partial charge on any atom is 0.349 e. The molecule has 1 aliphatic carbocycles. The molecule has 4 rings (SSSR count). The van der Waals surface area contributed by atoms with E-state index in [1.165, 1.54) is 16.7 Å². The molecule has 0 spiro atoms. The van der Waals surface area contributed by atoms with Gasteiger partial charge in [0.15, 0.2) is 0 Å². The van der Waals surface area contributed by atoms with E-state index in [2.05, 4.69) is 41.2 Å². The molecule has 27 heavy (non-hydrogen) atoms. The summed E-state index contributed by atoms with van der Waals surface area (Å²) in [5, 5.41) is 0.915. The van der Waals surface area contributed by atoms with Crippen molar-refractivity contribution >= 4 is 11.8 Å². The Kier molecular flexibility index (Phi) is 5.39. The predicted octanol–water partition coefficient (Wildman–Crippen LogP) is 4.17. The third-order valence-electron chi connectivity index (χ3n) is 4.97.